The first-order valence-corrected chi connectivity index (χ1v) is 21.7. The highest BCUT2D eigenvalue weighted by atomic mass is 16.7. The molecule has 2 N–H and O–H groups in total. The quantitative estimate of drug-likeness (QED) is 0.0804. The molecule has 0 saturated carbocycles. The fourth-order valence-corrected chi connectivity index (χ4v) is 9.86. The average molecular weight is 737 g/mol. The first kappa shape index (κ1) is 46.9. The van der Waals surface area contributed by atoms with Gasteiger partial charge in [-0.3, -0.25) is 19.3 Å². The van der Waals surface area contributed by atoms with Gasteiger partial charge in [-0.05, 0) is 88.9 Å². The van der Waals surface area contributed by atoms with E-state index in [2.05, 4.69) is 79.4 Å². The van der Waals surface area contributed by atoms with Gasteiger partial charge in [0, 0.05) is 30.6 Å². The van der Waals surface area contributed by atoms with Crippen LogP contribution in [0, 0.1) is 28.1 Å². The van der Waals surface area contributed by atoms with E-state index in [1.807, 2.05) is 0 Å². The summed E-state index contributed by atoms with van der Waals surface area (Å²) in [5.41, 5.74) is -2.36. The Morgan fingerprint density at radius 1 is 0.577 bits per heavy atom. The minimum absolute atomic E-state index is 0.0518. The monoisotopic (exact) mass is 737 g/mol. The van der Waals surface area contributed by atoms with Gasteiger partial charge < -0.3 is 10.2 Å². The average Bonchev–Trinajstić information content (AvgIpc) is 3.06. The Kier molecular flexibility index (Phi) is 19.6. The zero-order valence-electron chi connectivity index (χ0n) is 35.8. The summed E-state index contributed by atoms with van der Waals surface area (Å²) in [6.45, 7) is 25.7. The number of piperidine rings is 2. The van der Waals surface area contributed by atoms with Crippen LogP contribution in [-0.2, 0) is 19.3 Å². The van der Waals surface area contributed by atoms with Crippen molar-refractivity contribution in [2.24, 2.45) is 28.1 Å². The number of nitrogens with zero attached hydrogens (tertiary/aromatic N) is 2. The molecule has 306 valence electrons. The molecule has 2 aliphatic rings. The van der Waals surface area contributed by atoms with Crippen molar-refractivity contribution in [2.45, 2.75) is 215 Å². The van der Waals surface area contributed by atoms with Crippen LogP contribution in [0.2, 0.25) is 0 Å². The molecule has 2 aliphatic heterocycles. The number of carboxylic acids is 2. The number of carbonyl (C=O) groups is 2. The van der Waals surface area contributed by atoms with Crippen LogP contribution in [0.3, 0.4) is 0 Å². The van der Waals surface area contributed by atoms with Gasteiger partial charge in [0.05, 0.1) is 18.6 Å². The topological polar surface area (TPSA) is 99.5 Å². The number of rotatable bonds is 27. The van der Waals surface area contributed by atoms with Crippen molar-refractivity contribution >= 4 is 11.9 Å². The first-order chi connectivity index (χ1) is 24.5. The predicted molar refractivity (Wildman–Crippen MR) is 214 cm³/mol. The Labute approximate surface area is 320 Å². The van der Waals surface area contributed by atoms with Gasteiger partial charge in [0.25, 0.3) is 0 Å². The van der Waals surface area contributed by atoms with E-state index in [0.717, 1.165) is 64.5 Å². The Balaban J connectivity index is 2.36. The maximum Gasteiger partial charge on any atom is 0.310 e. The Morgan fingerprint density at radius 3 is 1.33 bits per heavy atom. The van der Waals surface area contributed by atoms with Crippen molar-refractivity contribution in [2.75, 3.05) is 26.3 Å². The third kappa shape index (κ3) is 11.6. The minimum atomic E-state index is -0.931. The molecule has 0 aliphatic carbocycles. The van der Waals surface area contributed by atoms with Crippen molar-refractivity contribution in [1.82, 2.24) is 10.1 Å². The lowest BCUT2D eigenvalue weighted by Gasteiger charge is -2.66. The molecule has 0 spiro atoms. The molecule has 8 nitrogen and oxygen atoms in total. The van der Waals surface area contributed by atoms with Crippen molar-refractivity contribution < 1.29 is 29.5 Å². The second kappa shape index (κ2) is 21.8. The van der Waals surface area contributed by atoms with E-state index in [1.54, 1.807) is 0 Å². The van der Waals surface area contributed by atoms with Crippen LogP contribution < -0.4 is 0 Å². The first-order valence-electron chi connectivity index (χ1n) is 21.7. The number of unbranched alkanes of at least 4 members (excludes halogenated alkanes) is 14. The van der Waals surface area contributed by atoms with E-state index >= 15 is 0 Å². The number of carboxylic acid groups (broad SMARTS) is 2. The lowest BCUT2D eigenvalue weighted by molar-refractivity contribution is -0.303. The maximum absolute atomic E-state index is 14.3. The minimum Gasteiger partial charge on any atom is -0.481 e. The number of aliphatic carboxylic acids is 2. The summed E-state index contributed by atoms with van der Waals surface area (Å²) in [7, 11) is 0. The molecule has 8 heteroatoms. The Morgan fingerprint density at radius 2 is 0.942 bits per heavy atom. The van der Waals surface area contributed by atoms with Crippen LogP contribution in [0.5, 0.6) is 0 Å². The second-order valence-corrected chi connectivity index (χ2v) is 18.7. The van der Waals surface area contributed by atoms with E-state index < -0.39 is 17.4 Å². The standard InChI is InChI=1S/C44H84N2O6/c1-11-13-15-17-22-26-34-51-45-32-29-36(40(3,4)42(45,7)8)44(39(49)50,31-25-21-19-20-24-28-38(47)48)37-30-33-46(43(9,10)41(37,5)6)52-35-27-23-18-16-14-12-2/h36-37H,11-35H2,1-10H3,(H,47,48)(H,49,50). The summed E-state index contributed by atoms with van der Waals surface area (Å²) in [5.74, 6) is -1.50. The van der Waals surface area contributed by atoms with Crippen molar-refractivity contribution in [3.8, 4) is 0 Å². The number of hydrogen-bond acceptors (Lipinski definition) is 6. The van der Waals surface area contributed by atoms with Gasteiger partial charge in [-0.2, -0.15) is 10.1 Å². The summed E-state index contributed by atoms with van der Waals surface area (Å²) in [6, 6.07) is 0. The van der Waals surface area contributed by atoms with Crippen LogP contribution in [0.4, 0.5) is 0 Å². The maximum atomic E-state index is 14.3. The van der Waals surface area contributed by atoms with Crippen LogP contribution in [-0.4, -0.2) is 69.7 Å². The third-order valence-corrected chi connectivity index (χ3v) is 14.5. The molecule has 0 aromatic carbocycles. The highest BCUT2D eigenvalue weighted by Crippen LogP contribution is 2.64. The van der Waals surface area contributed by atoms with Gasteiger partial charge in [-0.1, -0.05) is 131 Å². The summed E-state index contributed by atoms with van der Waals surface area (Å²) >= 11 is 0. The summed E-state index contributed by atoms with van der Waals surface area (Å²) < 4.78 is 0. The van der Waals surface area contributed by atoms with Gasteiger partial charge in [0.1, 0.15) is 0 Å². The number of hydroxylamine groups is 4. The molecule has 0 aromatic rings. The van der Waals surface area contributed by atoms with Crippen molar-refractivity contribution in [1.29, 1.82) is 0 Å². The lowest BCUT2D eigenvalue weighted by Crippen LogP contribution is -2.70. The van der Waals surface area contributed by atoms with E-state index in [1.165, 1.54) is 64.2 Å². The summed E-state index contributed by atoms with van der Waals surface area (Å²) in [6.07, 6.45) is 21.3. The van der Waals surface area contributed by atoms with Crippen molar-refractivity contribution in [3.05, 3.63) is 0 Å². The van der Waals surface area contributed by atoms with Gasteiger partial charge in [0.2, 0.25) is 0 Å². The fraction of sp³-hybridized carbons (Fsp3) is 0.955. The highest BCUT2D eigenvalue weighted by molar-refractivity contribution is 5.76. The summed E-state index contributed by atoms with van der Waals surface area (Å²) in [5, 5.41) is 25.2. The van der Waals surface area contributed by atoms with Crippen LogP contribution in [0.15, 0.2) is 0 Å². The molecule has 2 saturated heterocycles. The van der Waals surface area contributed by atoms with Gasteiger partial charge in [-0.15, -0.1) is 0 Å². The molecule has 2 atom stereocenters. The SMILES string of the molecule is CCCCCCCCON1CCC(C(CCCCCCCC(=O)O)(C(=O)O)C2CCN(OCCCCCCCC)C(C)(C)C2(C)C)C(C)(C)C1(C)C. The fourth-order valence-electron chi connectivity index (χ4n) is 9.86. The number of hydrogen-bond donors (Lipinski definition) is 2. The van der Waals surface area contributed by atoms with E-state index in [-0.39, 0.29) is 40.2 Å². The molecule has 0 aromatic heterocycles. The molecule has 2 heterocycles. The van der Waals surface area contributed by atoms with E-state index in [0.29, 0.717) is 26.1 Å². The smallest absolute Gasteiger partial charge is 0.310 e. The third-order valence-electron chi connectivity index (χ3n) is 14.5. The molecular weight excluding hydrogens is 652 g/mol. The largest absolute Gasteiger partial charge is 0.481 e. The molecular formula is C44H84N2O6. The Hall–Kier alpha value is -1.22. The van der Waals surface area contributed by atoms with Gasteiger partial charge in [0.15, 0.2) is 0 Å². The van der Waals surface area contributed by atoms with Gasteiger partial charge in [-0.25, -0.2) is 0 Å². The van der Waals surface area contributed by atoms with Crippen molar-refractivity contribution in [3.63, 3.8) is 0 Å². The van der Waals surface area contributed by atoms with E-state index in [4.69, 9.17) is 14.8 Å². The lowest BCUT2D eigenvalue weighted by atomic mass is 9.44. The molecule has 52 heavy (non-hydrogen) atoms. The molecule has 2 fully saturated rings. The molecule has 2 unspecified atom stereocenters. The zero-order chi connectivity index (χ0) is 39.1. The molecule has 2 rings (SSSR count). The second-order valence-electron chi connectivity index (χ2n) is 18.7. The zero-order valence-corrected chi connectivity index (χ0v) is 35.8. The van der Waals surface area contributed by atoms with Gasteiger partial charge >= 0.3 is 11.9 Å². The highest BCUT2D eigenvalue weighted by Gasteiger charge is 2.67. The Bertz CT molecular complexity index is 982. The molecule has 0 amide bonds. The van der Waals surface area contributed by atoms with Crippen LogP contribution >= 0.6 is 0 Å². The molecule has 0 radical (unpaired) electrons. The molecule has 0 bridgehead atoms. The van der Waals surface area contributed by atoms with Crippen LogP contribution in [0.1, 0.15) is 204 Å². The van der Waals surface area contributed by atoms with E-state index in [9.17, 15) is 14.7 Å². The van der Waals surface area contributed by atoms with Crippen LogP contribution in [0.25, 0.3) is 0 Å². The summed E-state index contributed by atoms with van der Waals surface area (Å²) in [4.78, 5) is 38.5. The predicted octanol–water partition coefficient (Wildman–Crippen LogP) is 11.7. The normalized spacial score (nSPS) is 24.0.